The van der Waals surface area contributed by atoms with Crippen molar-refractivity contribution in [1.29, 1.82) is 0 Å². The lowest BCUT2D eigenvalue weighted by Crippen LogP contribution is -2.18. The van der Waals surface area contributed by atoms with E-state index >= 15 is 0 Å². The van der Waals surface area contributed by atoms with Gasteiger partial charge in [0.2, 0.25) is 5.95 Å². The van der Waals surface area contributed by atoms with Gasteiger partial charge in [0.15, 0.2) is 11.5 Å². The smallest absolute Gasteiger partial charge is 0.274 e. The van der Waals surface area contributed by atoms with Crippen molar-refractivity contribution in [2.24, 2.45) is 5.10 Å². The summed E-state index contributed by atoms with van der Waals surface area (Å²) in [6.07, 6.45) is 3.90. The number of nitrogens with one attached hydrogen (secondary N) is 2. The number of unbranched alkanes of at least 4 members (excludes halogenated alkanes) is 1. The van der Waals surface area contributed by atoms with E-state index in [1.807, 2.05) is 6.07 Å². The minimum atomic E-state index is -0.312. The number of hydrogen-bond donors (Lipinski definition) is 2. The van der Waals surface area contributed by atoms with Crippen LogP contribution >= 0.6 is 0 Å². The Morgan fingerprint density at radius 3 is 2.71 bits per heavy atom. The van der Waals surface area contributed by atoms with Crippen LogP contribution in [0.15, 0.2) is 28.1 Å². The average Bonchev–Trinajstić information content (AvgIpc) is 2.60. The maximum atomic E-state index is 12.1. The molecule has 8 heteroatoms. The van der Waals surface area contributed by atoms with Gasteiger partial charge in [0.1, 0.15) is 5.69 Å². The number of hydrogen-bond acceptors (Lipinski definition) is 7. The first-order valence-corrected chi connectivity index (χ1v) is 7.62. The predicted molar refractivity (Wildman–Crippen MR) is 92.0 cm³/mol. The fraction of sp³-hybridized carbons (Fsp3) is 0.375. The Labute approximate surface area is 139 Å². The SMILES string of the molecule is CCC/C=N\Nc1nnc(Cc2ccc(OC)c(OC)c2)c(=O)[nH]1. The number of methoxy groups -OCH3 is 2. The Kier molecular flexibility index (Phi) is 6.30. The largest absolute Gasteiger partial charge is 0.493 e. The molecule has 0 aliphatic rings. The van der Waals surface area contributed by atoms with Gasteiger partial charge in [-0.15, -0.1) is 10.2 Å². The minimum absolute atomic E-state index is 0.211. The number of ether oxygens (including phenoxy) is 2. The zero-order chi connectivity index (χ0) is 17.4. The van der Waals surface area contributed by atoms with E-state index in [1.54, 1.807) is 32.6 Å². The molecule has 0 atom stereocenters. The average molecular weight is 331 g/mol. The third kappa shape index (κ3) is 4.55. The number of H-pyrrole nitrogens is 1. The molecule has 0 unspecified atom stereocenters. The van der Waals surface area contributed by atoms with E-state index in [-0.39, 0.29) is 11.5 Å². The van der Waals surface area contributed by atoms with Crippen LogP contribution in [0.25, 0.3) is 0 Å². The van der Waals surface area contributed by atoms with Crippen molar-refractivity contribution in [1.82, 2.24) is 15.2 Å². The Morgan fingerprint density at radius 2 is 2.04 bits per heavy atom. The van der Waals surface area contributed by atoms with E-state index in [0.717, 1.165) is 18.4 Å². The molecule has 0 radical (unpaired) electrons. The van der Waals surface area contributed by atoms with Crippen molar-refractivity contribution in [3.63, 3.8) is 0 Å². The number of rotatable bonds is 8. The Hall–Kier alpha value is -2.90. The highest BCUT2D eigenvalue weighted by Gasteiger charge is 2.09. The van der Waals surface area contributed by atoms with Gasteiger partial charge in [-0.2, -0.15) is 5.10 Å². The van der Waals surface area contributed by atoms with Crippen LogP contribution in [0.1, 0.15) is 31.0 Å². The summed E-state index contributed by atoms with van der Waals surface area (Å²) in [4.78, 5) is 14.7. The zero-order valence-electron chi connectivity index (χ0n) is 14.0. The van der Waals surface area contributed by atoms with E-state index < -0.39 is 0 Å². The molecular weight excluding hydrogens is 310 g/mol. The number of aromatic amines is 1. The maximum absolute atomic E-state index is 12.1. The molecule has 2 rings (SSSR count). The quantitative estimate of drug-likeness (QED) is 0.566. The normalized spacial score (nSPS) is 10.8. The number of aromatic nitrogens is 3. The van der Waals surface area contributed by atoms with Crippen molar-refractivity contribution < 1.29 is 9.47 Å². The third-order valence-electron chi connectivity index (χ3n) is 3.26. The van der Waals surface area contributed by atoms with Crippen LogP contribution in [0.5, 0.6) is 11.5 Å². The summed E-state index contributed by atoms with van der Waals surface area (Å²) < 4.78 is 10.4. The van der Waals surface area contributed by atoms with Gasteiger partial charge in [0.05, 0.1) is 14.2 Å². The van der Waals surface area contributed by atoms with Gasteiger partial charge in [-0.1, -0.05) is 19.4 Å². The van der Waals surface area contributed by atoms with Gasteiger partial charge in [0, 0.05) is 12.6 Å². The topological polar surface area (TPSA) is 101 Å². The molecule has 1 aromatic carbocycles. The first-order chi connectivity index (χ1) is 11.7. The first kappa shape index (κ1) is 17.5. The Morgan fingerprint density at radius 1 is 1.25 bits per heavy atom. The van der Waals surface area contributed by atoms with Crippen molar-refractivity contribution in [3.8, 4) is 11.5 Å². The van der Waals surface area contributed by atoms with Crippen LogP contribution in [0.2, 0.25) is 0 Å². The van der Waals surface area contributed by atoms with Crippen LogP contribution in [-0.2, 0) is 6.42 Å². The second-order valence-electron chi connectivity index (χ2n) is 5.03. The van der Waals surface area contributed by atoms with Crippen LogP contribution in [0.4, 0.5) is 5.95 Å². The lowest BCUT2D eigenvalue weighted by atomic mass is 10.1. The van der Waals surface area contributed by atoms with E-state index in [4.69, 9.17) is 9.47 Å². The molecule has 0 amide bonds. The second-order valence-corrected chi connectivity index (χ2v) is 5.03. The number of anilines is 1. The summed E-state index contributed by atoms with van der Waals surface area (Å²) in [5.41, 5.74) is 3.52. The van der Waals surface area contributed by atoms with Crippen molar-refractivity contribution in [3.05, 3.63) is 39.8 Å². The molecule has 2 aromatic rings. The van der Waals surface area contributed by atoms with Gasteiger partial charge < -0.3 is 9.47 Å². The Bertz CT molecular complexity index is 758. The molecular formula is C16H21N5O3. The fourth-order valence-electron chi connectivity index (χ4n) is 2.01. The monoisotopic (exact) mass is 331 g/mol. The summed E-state index contributed by atoms with van der Waals surface area (Å²) in [6.45, 7) is 2.05. The van der Waals surface area contributed by atoms with E-state index in [9.17, 15) is 4.79 Å². The molecule has 8 nitrogen and oxygen atoms in total. The summed E-state index contributed by atoms with van der Waals surface area (Å²) in [5.74, 6) is 1.44. The van der Waals surface area contributed by atoms with Crippen molar-refractivity contribution in [2.75, 3.05) is 19.6 Å². The fourth-order valence-corrected chi connectivity index (χ4v) is 2.01. The molecule has 0 aliphatic heterocycles. The van der Waals surface area contributed by atoms with Gasteiger partial charge in [0.25, 0.3) is 5.56 Å². The third-order valence-corrected chi connectivity index (χ3v) is 3.26. The number of hydrazone groups is 1. The molecule has 1 aromatic heterocycles. The van der Waals surface area contributed by atoms with Crippen LogP contribution in [0, 0.1) is 0 Å². The molecule has 0 spiro atoms. The zero-order valence-corrected chi connectivity index (χ0v) is 14.0. The maximum Gasteiger partial charge on any atom is 0.274 e. The van der Waals surface area contributed by atoms with E-state index in [1.165, 1.54) is 0 Å². The number of benzene rings is 1. The van der Waals surface area contributed by atoms with E-state index in [2.05, 4.69) is 32.6 Å². The summed E-state index contributed by atoms with van der Waals surface area (Å²) in [7, 11) is 3.14. The number of nitrogens with zero attached hydrogens (tertiary/aromatic N) is 3. The molecule has 0 fully saturated rings. The summed E-state index contributed by atoms with van der Waals surface area (Å²) in [6, 6.07) is 5.44. The molecule has 2 N–H and O–H groups in total. The lowest BCUT2D eigenvalue weighted by molar-refractivity contribution is 0.354. The minimum Gasteiger partial charge on any atom is -0.493 e. The molecule has 0 saturated heterocycles. The van der Waals surface area contributed by atoms with Crippen LogP contribution in [0.3, 0.4) is 0 Å². The molecule has 0 aliphatic carbocycles. The van der Waals surface area contributed by atoms with Gasteiger partial charge in [-0.3, -0.25) is 9.78 Å². The molecule has 1 heterocycles. The van der Waals surface area contributed by atoms with Crippen LogP contribution in [-0.4, -0.2) is 35.6 Å². The lowest BCUT2D eigenvalue weighted by Gasteiger charge is -2.09. The summed E-state index contributed by atoms with van der Waals surface area (Å²) >= 11 is 0. The molecule has 0 saturated carbocycles. The molecule has 24 heavy (non-hydrogen) atoms. The second kappa shape index (κ2) is 8.66. The highest BCUT2D eigenvalue weighted by molar-refractivity contribution is 5.58. The molecule has 0 bridgehead atoms. The van der Waals surface area contributed by atoms with Crippen molar-refractivity contribution in [2.45, 2.75) is 26.2 Å². The van der Waals surface area contributed by atoms with Gasteiger partial charge in [-0.05, 0) is 24.1 Å². The standard InChI is InChI=1S/C16H21N5O3/c1-4-5-8-17-20-16-18-15(22)12(19-21-16)9-11-6-7-13(23-2)14(10-11)24-3/h6-8,10H,4-5,9H2,1-3H3,(H2,18,20,21,22)/b17-8-. The predicted octanol–water partition coefficient (Wildman–Crippen LogP) is 1.97. The van der Waals surface area contributed by atoms with Gasteiger partial charge in [-0.25, -0.2) is 5.43 Å². The molecule has 128 valence electrons. The van der Waals surface area contributed by atoms with E-state index in [0.29, 0.717) is 23.6 Å². The summed E-state index contributed by atoms with van der Waals surface area (Å²) in [5, 5.41) is 11.8. The highest BCUT2D eigenvalue weighted by atomic mass is 16.5. The first-order valence-electron chi connectivity index (χ1n) is 7.62. The highest BCUT2D eigenvalue weighted by Crippen LogP contribution is 2.27. The van der Waals surface area contributed by atoms with Crippen LogP contribution < -0.4 is 20.5 Å². The van der Waals surface area contributed by atoms with Crippen molar-refractivity contribution >= 4 is 12.2 Å². The van der Waals surface area contributed by atoms with Gasteiger partial charge >= 0.3 is 0 Å². The Balaban J connectivity index is 2.11.